The third-order valence-corrected chi connectivity index (χ3v) is 3.55. The molecule has 5 nitrogen and oxygen atoms in total. The molecule has 0 saturated heterocycles. The minimum atomic E-state index is -0.409. The standard InChI is InChI=1S/C15H15NO4S/c1-19-15-7-5-12(6-8-15)11-21-20-10-13-3-2-4-14(9-13)16(17)18/h2-9H,10-11H2,1H3. The van der Waals surface area contributed by atoms with Crippen LogP contribution in [0.25, 0.3) is 0 Å². The van der Waals surface area contributed by atoms with Crippen molar-refractivity contribution in [3.63, 3.8) is 0 Å². The number of ether oxygens (including phenoxy) is 1. The van der Waals surface area contributed by atoms with E-state index in [0.717, 1.165) is 16.9 Å². The van der Waals surface area contributed by atoms with Gasteiger partial charge in [-0.1, -0.05) is 24.3 Å². The molecule has 0 radical (unpaired) electrons. The van der Waals surface area contributed by atoms with Gasteiger partial charge in [0.15, 0.2) is 0 Å². The van der Waals surface area contributed by atoms with Gasteiger partial charge in [0.05, 0.1) is 18.6 Å². The lowest BCUT2D eigenvalue weighted by molar-refractivity contribution is -0.384. The molecule has 2 aromatic carbocycles. The highest BCUT2D eigenvalue weighted by Gasteiger charge is 2.05. The van der Waals surface area contributed by atoms with Crippen LogP contribution in [0.2, 0.25) is 0 Å². The Morgan fingerprint density at radius 3 is 2.57 bits per heavy atom. The zero-order valence-corrected chi connectivity index (χ0v) is 12.3. The summed E-state index contributed by atoms with van der Waals surface area (Å²) in [6, 6.07) is 14.2. The van der Waals surface area contributed by atoms with E-state index in [1.54, 1.807) is 19.2 Å². The van der Waals surface area contributed by atoms with E-state index in [1.807, 2.05) is 24.3 Å². The number of hydrogen-bond acceptors (Lipinski definition) is 5. The fourth-order valence-corrected chi connectivity index (χ4v) is 2.33. The van der Waals surface area contributed by atoms with E-state index in [9.17, 15) is 10.1 Å². The number of nitro groups is 1. The number of rotatable bonds is 7. The number of methoxy groups -OCH3 is 1. The van der Waals surface area contributed by atoms with Crippen LogP contribution in [-0.4, -0.2) is 12.0 Å². The molecule has 0 aromatic heterocycles. The van der Waals surface area contributed by atoms with Crippen molar-refractivity contribution in [2.45, 2.75) is 12.4 Å². The average molecular weight is 305 g/mol. The van der Waals surface area contributed by atoms with E-state index in [-0.39, 0.29) is 5.69 Å². The summed E-state index contributed by atoms with van der Waals surface area (Å²) in [4.78, 5) is 10.3. The van der Waals surface area contributed by atoms with E-state index in [4.69, 9.17) is 8.92 Å². The molecule has 0 amide bonds. The third-order valence-electron chi connectivity index (χ3n) is 2.81. The van der Waals surface area contributed by atoms with Gasteiger partial charge < -0.3 is 8.92 Å². The summed E-state index contributed by atoms with van der Waals surface area (Å²) in [6.45, 7) is 0.336. The first-order valence-corrected chi connectivity index (χ1v) is 7.21. The quantitative estimate of drug-likeness (QED) is 0.335. The van der Waals surface area contributed by atoms with E-state index in [2.05, 4.69) is 0 Å². The molecule has 6 heteroatoms. The second-order valence-electron chi connectivity index (χ2n) is 4.30. The highest BCUT2D eigenvalue weighted by atomic mass is 32.2. The molecule has 0 aliphatic heterocycles. The van der Waals surface area contributed by atoms with Gasteiger partial charge in [-0.25, -0.2) is 0 Å². The van der Waals surface area contributed by atoms with Crippen LogP contribution < -0.4 is 4.74 Å². The zero-order valence-electron chi connectivity index (χ0n) is 11.5. The van der Waals surface area contributed by atoms with Crippen LogP contribution in [0.3, 0.4) is 0 Å². The number of nitro benzene ring substituents is 1. The van der Waals surface area contributed by atoms with Gasteiger partial charge >= 0.3 is 0 Å². The van der Waals surface area contributed by atoms with E-state index >= 15 is 0 Å². The van der Waals surface area contributed by atoms with Crippen LogP contribution in [0.15, 0.2) is 48.5 Å². The van der Waals surface area contributed by atoms with E-state index in [1.165, 1.54) is 24.2 Å². The highest BCUT2D eigenvalue weighted by molar-refractivity contribution is 7.93. The van der Waals surface area contributed by atoms with Crippen molar-refractivity contribution in [3.05, 3.63) is 69.8 Å². The molecule has 2 rings (SSSR count). The first kappa shape index (κ1) is 15.3. The van der Waals surface area contributed by atoms with Crippen molar-refractivity contribution >= 4 is 17.7 Å². The second-order valence-corrected chi connectivity index (χ2v) is 5.06. The summed E-state index contributed by atoms with van der Waals surface area (Å²) < 4.78 is 10.6. The SMILES string of the molecule is COc1ccc(CSOCc2cccc([N+](=O)[O-])c2)cc1. The highest BCUT2D eigenvalue weighted by Crippen LogP contribution is 2.20. The van der Waals surface area contributed by atoms with Gasteiger partial charge in [-0.3, -0.25) is 10.1 Å². The Hall–Kier alpha value is -2.05. The van der Waals surface area contributed by atoms with Gasteiger partial charge in [0.1, 0.15) is 5.75 Å². The van der Waals surface area contributed by atoms with Crippen LogP contribution in [0.4, 0.5) is 5.69 Å². The van der Waals surface area contributed by atoms with Gasteiger partial charge in [-0.15, -0.1) is 0 Å². The molecule has 0 atom stereocenters. The topological polar surface area (TPSA) is 61.6 Å². The monoisotopic (exact) mass is 305 g/mol. The molecule has 0 N–H and O–H groups in total. The minimum absolute atomic E-state index is 0.0799. The number of nitrogens with zero attached hydrogens (tertiary/aromatic N) is 1. The van der Waals surface area contributed by atoms with Crippen molar-refractivity contribution in [1.29, 1.82) is 0 Å². The van der Waals surface area contributed by atoms with Gasteiger partial charge in [-0.2, -0.15) is 0 Å². The van der Waals surface area contributed by atoms with Crippen molar-refractivity contribution < 1.29 is 13.8 Å². The maximum absolute atomic E-state index is 10.7. The summed E-state index contributed by atoms with van der Waals surface area (Å²) in [6.07, 6.45) is 0. The molecule has 110 valence electrons. The van der Waals surface area contributed by atoms with Crippen LogP contribution in [-0.2, 0) is 16.5 Å². The van der Waals surface area contributed by atoms with E-state index in [0.29, 0.717) is 12.4 Å². The van der Waals surface area contributed by atoms with Crippen molar-refractivity contribution in [3.8, 4) is 5.75 Å². The molecule has 21 heavy (non-hydrogen) atoms. The van der Waals surface area contributed by atoms with Crippen LogP contribution in [0.5, 0.6) is 5.75 Å². The molecule has 0 fully saturated rings. The smallest absolute Gasteiger partial charge is 0.269 e. The molecule has 2 aromatic rings. The molecule has 0 aliphatic rings. The average Bonchev–Trinajstić information content (AvgIpc) is 2.52. The molecular weight excluding hydrogens is 290 g/mol. The first-order valence-electron chi connectivity index (χ1n) is 6.29. The maximum Gasteiger partial charge on any atom is 0.269 e. The first-order chi connectivity index (χ1) is 10.2. The van der Waals surface area contributed by atoms with Crippen LogP contribution in [0, 0.1) is 10.1 Å². The normalized spacial score (nSPS) is 10.3. The molecular formula is C15H15NO4S. The Kier molecular flexibility index (Phi) is 5.59. The Morgan fingerprint density at radius 1 is 1.14 bits per heavy atom. The van der Waals surface area contributed by atoms with Gasteiger partial charge in [0, 0.05) is 17.9 Å². The van der Waals surface area contributed by atoms with Gasteiger partial charge in [0.25, 0.3) is 5.69 Å². The fraction of sp³-hybridized carbons (Fsp3) is 0.200. The summed E-state index contributed by atoms with van der Waals surface area (Å²) >= 11 is 1.32. The lowest BCUT2D eigenvalue weighted by Gasteiger charge is -2.04. The molecule has 0 saturated carbocycles. The minimum Gasteiger partial charge on any atom is -0.497 e. The lowest BCUT2D eigenvalue weighted by atomic mass is 10.2. The van der Waals surface area contributed by atoms with Crippen molar-refractivity contribution in [1.82, 2.24) is 0 Å². The lowest BCUT2D eigenvalue weighted by Crippen LogP contribution is -1.91. The molecule has 0 bridgehead atoms. The third kappa shape index (κ3) is 4.77. The Bertz CT molecular complexity index is 601. The number of hydrogen-bond donors (Lipinski definition) is 0. The Balaban J connectivity index is 1.78. The molecule has 0 aliphatic carbocycles. The second kappa shape index (κ2) is 7.66. The maximum atomic E-state index is 10.7. The molecule has 0 heterocycles. The van der Waals surface area contributed by atoms with Gasteiger partial charge in [0.2, 0.25) is 0 Å². The molecule has 0 spiro atoms. The predicted molar refractivity (Wildman–Crippen MR) is 82.2 cm³/mol. The number of benzene rings is 2. The Morgan fingerprint density at radius 2 is 1.90 bits per heavy atom. The predicted octanol–water partition coefficient (Wildman–Crippen LogP) is 3.97. The van der Waals surface area contributed by atoms with Crippen LogP contribution in [0.1, 0.15) is 11.1 Å². The summed E-state index contributed by atoms with van der Waals surface area (Å²) in [7, 11) is 1.63. The number of non-ortho nitro benzene ring substituents is 1. The van der Waals surface area contributed by atoms with Crippen molar-refractivity contribution in [2.24, 2.45) is 0 Å². The van der Waals surface area contributed by atoms with Crippen molar-refractivity contribution in [2.75, 3.05) is 7.11 Å². The fourth-order valence-electron chi connectivity index (χ4n) is 1.70. The largest absolute Gasteiger partial charge is 0.497 e. The molecule has 0 unspecified atom stereocenters. The Labute approximate surface area is 127 Å². The van der Waals surface area contributed by atoms with E-state index < -0.39 is 4.92 Å². The van der Waals surface area contributed by atoms with Gasteiger partial charge in [-0.05, 0) is 35.3 Å². The summed E-state index contributed by atoms with van der Waals surface area (Å²) in [5.74, 6) is 1.53. The van der Waals surface area contributed by atoms with Crippen LogP contribution >= 0.6 is 12.0 Å². The summed E-state index contributed by atoms with van der Waals surface area (Å²) in [5.41, 5.74) is 1.99. The zero-order chi connectivity index (χ0) is 15.1. The summed E-state index contributed by atoms with van der Waals surface area (Å²) in [5, 5.41) is 10.7.